The summed E-state index contributed by atoms with van der Waals surface area (Å²) in [6.07, 6.45) is -0.480. The molecule has 1 aromatic heterocycles. The quantitative estimate of drug-likeness (QED) is 0.481. The van der Waals surface area contributed by atoms with E-state index in [0.717, 1.165) is 18.2 Å². The van der Waals surface area contributed by atoms with Gasteiger partial charge in [-0.2, -0.15) is 0 Å². The lowest BCUT2D eigenvalue weighted by Gasteiger charge is -2.22. The topological polar surface area (TPSA) is 56.0 Å². The van der Waals surface area contributed by atoms with Gasteiger partial charge in [0.05, 0.1) is 0 Å². The van der Waals surface area contributed by atoms with Crippen molar-refractivity contribution in [2.45, 2.75) is 19.0 Å². The zero-order chi connectivity index (χ0) is 18.2. The van der Waals surface area contributed by atoms with Crippen molar-refractivity contribution in [3.63, 3.8) is 0 Å². The minimum Gasteiger partial charge on any atom is -0.367 e. The molecule has 1 atom stereocenters. The second-order valence-electron chi connectivity index (χ2n) is 4.90. The van der Waals surface area contributed by atoms with Gasteiger partial charge in [-0.1, -0.05) is 30.1 Å². The molecule has 0 aliphatic heterocycles. The summed E-state index contributed by atoms with van der Waals surface area (Å²) in [6, 6.07) is 2.45. The maximum Gasteiger partial charge on any atom is 0.259 e. The fourth-order valence-corrected chi connectivity index (χ4v) is 2.53. The van der Waals surface area contributed by atoms with Gasteiger partial charge >= 0.3 is 0 Å². The van der Waals surface area contributed by atoms with Gasteiger partial charge in [-0.3, -0.25) is 4.79 Å². The third-order valence-corrected chi connectivity index (χ3v) is 4.06. The summed E-state index contributed by atoms with van der Waals surface area (Å²) in [7, 11) is 0. The van der Waals surface area contributed by atoms with E-state index in [0.29, 0.717) is 0 Å². The Kier molecular flexibility index (Phi) is 5.05. The third-order valence-electron chi connectivity index (χ3n) is 3.52. The Labute approximate surface area is 144 Å². The maximum absolute atomic E-state index is 14.8. The lowest BCUT2D eigenvalue weighted by molar-refractivity contribution is -0.130. The molecule has 1 heterocycles. The zero-order valence-electron chi connectivity index (χ0n) is 12.1. The van der Waals surface area contributed by atoms with Crippen LogP contribution in [0, 0.1) is 17.5 Å². The fraction of sp³-hybridized carbons (Fsp3) is 0.200. The number of aromatic nitrogens is 1. The Hall–Kier alpha value is -1.86. The normalized spacial score (nSPS) is 13.6. The summed E-state index contributed by atoms with van der Waals surface area (Å²) in [5, 5.41) is -1.29. The Morgan fingerprint density at radius 3 is 2.42 bits per heavy atom. The molecule has 1 unspecified atom stereocenters. The molecular formula is C15H10Cl2F4N2O. The molecular weight excluding hydrogens is 371 g/mol. The number of alkyl halides is 1. The van der Waals surface area contributed by atoms with Crippen LogP contribution in [-0.4, -0.2) is 10.9 Å². The van der Waals surface area contributed by atoms with Crippen LogP contribution >= 0.6 is 23.2 Å². The Balaban J connectivity index is 2.80. The fourth-order valence-electron chi connectivity index (χ4n) is 2.17. The minimum atomic E-state index is -2.87. The summed E-state index contributed by atoms with van der Waals surface area (Å²) >= 11 is 11.2. The standard InChI is InChI=1S/C15H10Cl2F4N2O/c1-2-15(21,14(22)24)7-5-9(16)23-13(12(7)20)6-3-4-8(18)10(17)11(6)19/h3-5H,2H2,1H3,(H2,22,24). The second kappa shape index (κ2) is 6.57. The van der Waals surface area contributed by atoms with Crippen LogP contribution < -0.4 is 5.73 Å². The van der Waals surface area contributed by atoms with Gasteiger partial charge in [-0.15, -0.1) is 0 Å². The van der Waals surface area contributed by atoms with E-state index < -0.39 is 62.4 Å². The zero-order valence-corrected chi connectivity index (χ0v) is 13.7. The van der Waals surface area contributed by atoms with Crippen LogP contribution in [0.3, 0.4) is 0 Å². The number of pyridine rings is 1. The van der Waals surface area contributed by atoms with Gasteiger partial charge in [0.1, 0.15) is 21.7 Å². The van der Waals surface area contributed by atoms with Crippen molar-refractivity contribution in [2.75, 3.05) is 0 Å². The Morgan fingerprint density at radius 1 is 1.25 bits per heavy atom. The van der Waals surface area contributed by atoms with Crippen molar-refractivity contribution in [1.29, 1.82) is 0 Å². The molecule has 0 fully saturated rings. The van der Waals surface area contributed by atoms with Crippen LogP contribution in [0.4, 0.5) is 17.6 Å². The number of hydrogen-bond donors (Lipinski definition) is 1. The maximum atomic E-state index is 14.8. The molecule has 0 aliphatic carbocycles. The highest BCUT2D eigenvalue weighted by Gasteiger charge is 2.41. The van der Waals surface area contributed by atoms with Gasteiger partial charge in [-0.05, 0) is 24.6 Å². The highest BCUT2D eigenvalue weighted by Crippen LogP contribution is 2.38. The highest BCUT2D eigenvalue weighted by atomic mass is 35.5. The second-order valence-corrected chi connectivity index (χ2v) is 5.66. The van der Waals surface area contributed by atoms with Crippen molar-refractivity contribution in [3.8, 4) is 11.3 Å². The molecule has 0 aliphatic rings. The lowest BCUT2D eigenvalue weighted by Crippen LogP contribution is -2.37. The number of benzene rings is 1. The molecule has 0 radical (unpaired) electrons. The smallest absolute Gasteiger partial charge is 0.259 e. The van der Waals surface area contributed by atoms with E-state index in [2.05, 4.69) is 4.98 Å². The van der Waals surface area contributed by atoms with Gasteiger partial charge in [0.25, 0.3) is 5.91 Å². The van der Waals surface area contributed by atoms with E-state index in [1.165, 1.54) is 6.92 Å². The van der Waals surface area contributed by atoms with Crippen molar-refractivity contribution in [2.24, 2.45) is 5.73 Å². The summed E-state index contributed by atoms with van der Waals surface area (Å²) in [6.45, 7) is 1.27. The molecule has 2 N–H and O–H groups in total. The molecule has 9 heteroatoms. The van der Waals surface area contributed by atoms with E-state index in [1.807, 2.05) is 0 Å². The number of rotatable bonds is 4. The minimum absolute atomic E-state index is 0.405. The molecule has 24 heavy (non-hydrogen) atoms. The largest absolute Gasteiger partial charge is 0.367 e. The number of carbonyl (C=O) groups excluding carboxylic acids is 1. The molecule has 3 nitrogen and oxygen atoms in total. The van der Waals surface area contributed by atoms with Crippen molar-refractivity contribution in [3.05, 3.63) is 51.4 Å². The first-order chi connectivity index (χ1) is 11.1. The first-order valence-corrected chi connectivity index (χ1v) is 7.38. The van der Waals surface area contributed by atoms with Crippen molar-refractivity contribution >= 4 is 29.1 Å². The SMILES string of the molecule is CCC(F)(C(N)=O)c1cc(Cl)nc(-c2ccc(F)c(Cl)c2F)c1F. The molecule has 0 saturated heterocycles. The van der Waals surface area contributed by atoms with E-state index >= 15 is 0 Å². The number of hydrogen-bond acceptors (Lipinski definition) is 2. The Bertz CT molecular complexity index is 832. The number of carbonyl (C=O) groups is 1. The number of primary amides is 1. The average Bonchev–Trinajstić information content (AvgIpc) is 2.54. The molecule has 1 aromatic carbocycles. The van der Waals surface area contributed by atoms with Crippen LogP contribution in [0.25, 0.3) is 11.3 Å². The first-order valence-electron chi connectivity index (χ1n) is 6.62. The summed E-state index contributed by atoms with van der Waals surface area (Å²) in [5.41, 5.74) is 0.101. The van der Waals surface area contributed by atoms with E-state index in [-0.39, 0.29) is 0 Å². The first kappa shape index (κ1) is 18.5. The number of amides is 1. The molecule has 0 bridgehead atoms. The number of nitrogens with zero attached hydrogens (tertiary/aromatic N) is 1. The molecule has 0 saturated carbocycles. The van der Waals surface area contributed by atoms with Gasteiger partial charge in [-0.25, -0.2) is 22.5 Å². The predicted octanol–water partition coefficient (Wildman–Crippen LogP) is 4.53. The monoisotopic (exact) mass is 380 g/mol. The molecule has 0 spiro atoms. The summed E-state index contributed by atoms with van der Waals surface area (Å²) in [4.78, 5) is 15.0. The average molecular weight is 381 g/mol. The van der Waals surface area contributed by atoms with Crippen molar-refractivity contribution < 1.29 is 22.4 Å². The van der Waals surface area contributed by atoms with Crippen LogP contribution in [0.2, 0.25) is 10.2 Å². The Morgan fingerprint density at radius 2 is 1.88 bits per heavy atom. The molecule has 2 aromatic rings. The van der Waals surface area contributed by atoms with E-state index in [9.17, 15) is 22.4 Å². The van der Waals surface area contributed by atoms with Gasteiger partial charge in [0.2, 0.25) is 5.67 Å². The van der Waals surface area contributed by atoms with Gasteiger partial charge < -0.3 is 5.73 Å². The molecule has 2 rings (SSSR count). The summed E-state index contributed by atoms with van der Waals surface area (Å²) in [5.74, 6) is -5.14. The van der Waals surface area contributed by atoms with Gasteiger partial charge in [0, 0.05) is 11.1 Å². The highest BCUT2D eigenvalue weighted by molar-refractivity contribution is 6.31. The predicted molar refractivity (Wildman–Crippen MR) is 81.8 cm³/mol. The number of halogens is 6. The van der Waals surface area contributed by atoms with Crippen LogP contribution in [0.15, 0.2) is 18.2 Å². The van der Waals surface area contributed by atoms with E-state index in [4.69, 9.17) is 28.9 Å². The molecule has 128 valence electrons. The summed E-state index contributed by atoms with van der Waals surface area (Å²) < 4.78 is 56.9. The molecule has 1 amide bonds. The third kappa shape index (κ3) is 2.93. The van der Waals surface area contributed by atoms with E-state index in [1.54, 1.807) is 0 Å². The number of nitrogens with two attached hydrogens (primary N) is 1. The van der Waals surface area contributed by atoms with Crippen LogP contribution in [0.1, 0.15) is 18.9 Å². The van der Waals surface area contributed by atoms with Crippen molar-refractivity contribution in [1.82, 2.24) is 4.98 Å². The van der Waals surface area contributed by atoms with Crippen LogP contribution in [-0.2, 0) is 10.5 Å². The van der Waals surface area contributed by atoms with Gasteiger partial charge in [0.15, 0.2) is 11.6 Å². The van der Waals surface area contributed by atoms with Crippen LogP contribution in [0.5, 0.6) is 0 Å². The lowest BCUT2D eigenvalue weighted by atomic mass is 9.91.